The number of allylic oxidation sites excluding steroid dienone is 4. The summed E-state index contributed by atoms with van der Waals surface area (Å²) in [6.07, 6.45) is 6.84. The third-order valence-corrected chi connectivity index (χ3v) is 6.09. The van der Waals surface area contributed by atoms with Gasteiger partial charge in [-0.1, -0.05) is 83.5 Å². The predicted molar refractivity (Wildman–Crippen MR) is 118 cm³/mol. The average Bonchev–Trinajstić information content (AvgIpc) is 3.14. The average molecular weight is 357 g/mol. The first kappa shape index (κ1) is 18.3. The van der Waals surface area contributed by atoms with Crippen LogP contribution in [0.15, 0.2) is 48.1 Å². The van der Waals surface area contributed by atoms with Gasteiger partial charge in [0.1, 0.15) is 0 Å². The minimum Gasteiger partial charge on any atom is -0.0772 e. The fourth-order valence-electron chi connectivity index (χ4n) is 4.43. The molecular weight excluding hydrogens is 324 g/mol. The monoisotopic (exact) mass is 356 g/mol. The first-order valence-corrected chi connectivity index (χ1v) is 10.2. The van der Waals surface area contributed by atoms with E-state index in [0.717, 1.165) is 12.8 Å². The predicted octanol–water partition coefficient (Wildman–Crippen LogP) is 7.59. The lowest BCUT2D eigenvalue weighted by Gasteiger charge is -2.25. The van der Waals surface area contributed by atoms with Gasteiger partial charge in [-0.3, -0.25) is 0 Å². The van der Waals surface area contributed by atoms with Crippen LogP contribution in [-0.2, 0) is 17.3 Å². The highest BCUT2D eigenvalue weighted by Gasteiger charge is 2.27. The first-order chi connectivity index (χ1) is 12.5. The quantitative estimate of drug-likeness (QED) is 0.421. The van der Waals surface area contributed by atoms with Crippen molar-refractivity contribution in [2.45, 2.75) is 72.1 Å². The molecule has 140 valence electrons. The van der Waals surface area contributed by atoms with Crippen molar-refractivity contribution in [3.05, 3.63) is 75.9 Å². The molecule has 27 heavy (non-hydrogen) atoms. The maximum Gasteiger partial charge on any atom is -0.00132 e. The van der Waals surface area contributed by atoms with E-state index in [4.69, 9.17) is 0 Å². The zero-order chi connectivity index (χ0) is 19.6. The Kier molecular flexibility index (Phi) is 4.04. The van der Waals surface area contributed by atoms with Crippen molar-refractivity contribution >= 4 is 5.57 Å². The van der Waals surface area contributed by atoms with Gasteiger partial charge in [-0.05, 0) is 81.2 Å². The van der Waals surface area contributed by atoms with Gasteiger partial charge in [0.15, 0.2) is 0 Å². The molecule has 0 amide bonds. The van der Waals surface area contributed by atoms with Gasteiger partial charge >= 0.3 is 0 Å². The second kappa shape index (κ2) is 5.96. The van der Waals surface area contributed by atoms with Crippen LogP contribution in [0.5, 0.6) is 0 Å². The van der Waals surface area contributed by atoms with Crippen LogP contribution in [0, 0.1) is 0 Å². The van der Waals surface area contributed by atoms with Crippen molar-refractivity contribution in [2.24, 2.45) is 0 Å². The summed E-state index contributed by atoms with van der Waals surface area (Å²) in [6, 6.07) is 12.1. The molecule has 0 radical (unpaired) electrons. The Hall–Kier alpha value is -2.08. The zero-order valence-electron chi connectivity index (χ0n) is 18.0. The highest BCUT2D eigenvalue weighted by atomic mass is 14.3. The van der Waals surface area contributed by atoms with Crippen LogP contribution in [0.25, 0.3) is 16.7 Å². The summed E-state index contributed by atoms with van der Waals surface area (Å²) in [4.78, 5) is 0. The number of rotatable bonds is 1. The molecule has 0 unspecified atom stereocenters. The second-order valence-corrected chi connectivity index (χ2v) is 10.4. The van der Waals surface area contributed by atoms with Gasteiger partial charge in [0.25, 0.3) is 0 Å². The largest absolute Gasteiger partial charge is 0.0772 e. The van der Waals surface area contributed by atoms with Crippen LogP contribution < -0.4 is 0 Å². The Labute approximate surface area is 165 Å². The van der Waals surface area contributed by atoms with E-state index in [-0.39, 0.29) is 10.8 Å². The molecule has 0 fully saturated rings. The van der Waals surface area contributed by atoms with Crippen molar-refractivity contribution in [1.82, 2.24) is 0 Å². The van der Waals surface area contributed by atoms with Crippen molar-refractivity contribution in [2.75, 3.05) is 0 Å². The highest BCUT2D eigenvalue weighted by molar-refractivity contribution is 5.83. The number of hydrogen-bond acceptors (Lipinski definition) is 0. The third kappa shape index (κ3) is 3.20. The molecule has 0 saturated carbocycles. The standard InChI is InChI=1S/C27H32/c1-17-8-9-18(12-17)24-14-20-13-19-10-11-21(26(2,3)4)15-22(19)23(20)16-25(24)27(5,6)7/h8,10-12,14-16H,9,13H2,1-7H3. The van der Waals surface area contributed by atoms with Gasteiger partial charge in [-0.25, -0.2) is 0 Å². The van der Waals surface area contributed by atoms with E-state index >= 15 is 0 Å². The maximum atomic E-state index is 2.50. The Morgan fingerprint density at radius 3 is 2.04 bits per heavy atom. The summed E-state index contributed by atoms with van der Waals surface area (Å²) < 4.78 is 0. The molecule has 0 spiro atoms. The van der Waals surface area contributed by atoms with Gasteiger partial charge in [0, 0.05) is 0 Å². The first-order valence-electron chi connectivity index (χ1n) is 10.2. The molecule has 2 aromatic rings. The molecule has 0 bridgehead atoms. The fourth-order valence-corrected chi connectivity index (χ4v) is 4.43. The van der Waals surface area contributed by atoms with E-state index in [0.29, 0.717) is 0 Å². The molecule has 0 atom stereocenters. The van der Waals surface area contributed by atoms with Crippen LogP contribution >= 0.6 is 0 Å². The van der Waals surface area contributed by atoms with E-state index in [1.165, 1.54) is 50.1 Å². The Morgan fingerprint density at radius 2 is 1.44 bits per heavy atom. The minimum atomic E-state index is 0.131. The normalized spacial score (nSPS) is 16.1. The smallest absolute Gasteiger partial charge is 0.00132 e. The molecular formula is C27H32. The molecule has 0 heteroatoms. The topological polar surface area (TPSA) is 0 Å². The molecule has 2 aliphatic rings. The third-order valence-electron chi connectivity index (χ3n) is 6.09. The summed E-state index contributed by atoms with van der Waals surface area (Å²) >= 11 is 0. The number of benzene rings is 2. The van der Waals surface area contributed by atoms with Gasteiger partial charge in [0.05, 0.1) is 0 Å². The minimum absolute atomic E-state index is 0.131. The molecule has 0 saturated heterocycles. The molecule has 4 rings (SSSR count). The van der Waals surface area contributed by atoms with Gasteiger partial charge in [0.2, 0.25) is 0 Å². The van der Waals surface area contributed by atoms with E-state index < -0.39 is 0 Å². The maximum absolute atomic E-state index is 2.50. The van der Waals surface area contributed by atoms with E-state index in [9.17, 15) is 0 Å². The summed E-state index contributed by atoms with van der Waals surface area (Å²) in [6.45, 7) is 16.1. The molecule has 0 N–H and O–H groups in total. The summed E-state index contributed by atoms with van der Waals surface area (Å²) in [5.41, 5.74) is 13.4. The summed E-state index contributed by atoms with van der Waals surface area (Å²) in [5, 5.41) is 0. The lowest BCUT2D eigenvalue weighted by molar-refractivity contribution is 0.588. The number of hydrogen-bond donors (Lipinski definition) is 0. The van der Waals surface area contributed by atoms with Crippen molar-refractivity contribution in [3.8, 4) is 11.1 Å². The van der Waals surface area contributed by atoms with Crippen molar-refractivity contribution in [1.29, 1.82) is 0 Å². The summed E-state index contributed by atoms with van der Waals surface area (Å²) in [7, 11) is 0. The Morgan fingerprint density at radius 1 is 0.741 bits per heavy atom. The lowest BCUT2D eigenvalue weighted by atomic mass is 9.79. The highest BCUT2D eigenvalue weighted by Crippen LogP contribution is 2.44. The van der Waals surface area contributed by atoms with Crippen LogP contribution in [0.4, 0.5) is 0 Å². The fraction of sp³-hybridized carbons (Fsp3) is 0.407. The van der Waals surface area contributed by atoms with Crippen LogP contribution in [0.3, 0.4) is 0 Å². The SMILES string of the molecule is CC1=CCC(c2cc3c(cc2C(C)(C)C)-c2cc(C(C)(C)C)ccc2C3)=C1. The van der Waals surface area contributed by atoms with E-state index in [1.54, 1.807) is 0 Å². The van der Waals surface area contributed by atoms with Crippen LogP contribution in [-0.4, -0.2) is 0 Å². The zero-order valence-corrected chi connectivity index (χ0v) is 18.0. The van der Waals surface area contributed by atoms with E-state index in [2.05, 4.69) is 91.0 Å². The van der Waals surface area contributed by atoms with Gasteiger partial charge in [-0.2, -0.15) is 0 Å². The molecule has 0 heterocycles. The number of fused-ring (bicyclic) bond motifs is 3. The van der Waals surface area contributed by atoms with Gasteiger partial charge in [-0.15, -0.1) is 0 Å². The van der Waals surface area contributed by atoms with Crippen LogP contribution in [0.1, 0.15) is 82.7 Å². The Bertz CT molecular complexity index is 982. The van der Waals surface area contributed by atoms with E-state index in [1.807, 2.05) is 0 Å². The van der Waals surface area contributed by atoms with Crippen LogP contribution in [0.2, 0.25) is 0 Å². The molecule has 0 aromatic heterocycles. The summed E-state index contributed by atoms with van der Waals surface area (Å²) in [5.74, 6) is 0. The molecule has 0 nitrogen and oxygen atoms in total. The molecule has 0 aliphatic heterocycles. The van der Waals surface area contributed by atoms with Gasteiger partial charge < -0.3 is 0 Å². The van der Waals surface area contributed by atoms with Crippen molar-refractivity contribution in [3.63, 3.8) is 0 Å². The Balaban J connectivity index is 1.90. The molecule has 2 aromatic carbocycles. The second-order valence-electron chi connectivity index (χ2n) is 10.4. The van der Waals surface area contributed by atoms with Crippen molar-refractivity contribution < 1.29 is 0 Å². The lowest BCUT2D eigenvalue weighted by Crippen LogP contribution is -2.14. The molecule has 2 aliphatic carbocycles.